The molecule has 58 heavy (non-hydrogen) atoms. The number of aromatic nitrogens is 2. The van der Waals surface area contributed by atoms with Crippen molar-refractivity contribution in [3.63, 3.8) is 0 Å². The lowest BCUT2D eigenvalue weighted by molar-refractivity contribution is 0.0697. The molecule has 0 saturated heterocycles. The molecule has 0 aliphatic rings. The number of carboxylic acid groups (broad SMARTS) is 1. The second-order valence-corrected chi connectivity index (χ2v) is 16.2. The van der Waals surface area contributed by atoms with Gasteiger partial charge < -0.3 is 19.5 Å². The minimum Gasteiger partial charge on any atom is -0.494 e. The summed E-state index contributed by atoms with van der Waals surface area (Å²) >= 11 is 3.00. The third-order valence-corrected chi connectivity index (χ3v) is 12.1. The Hall–Kier alpha value is -5.51. The van der Waals surface area contributed by atoms with Crippen LogP contribution in [0.25, 0.3) is 31.9 Å². The summed E-state index contributed by atoms with van der Waals surface area (Å²) in [6, 6.07) is 41.4. The number of benzene rings is 5. The maximum Gasteiger partial charge on any atom is 0.335 e. The van der Waals surface area contributed by atoms with E-state index in [4.69, 9.17) is 13.8 Å². The first-order valence-electron chi connectivity index (χ1n) is 20.5. The molecule has 0 unspecified atom stereocenters. The Balaban J connectivity index is 1.08. The van der Waals surface area contributed by atoms with E-state index in [0.717, 1.165) is 106 Å². The molecular weight excluding hydrogens is 759 g/mol. The molecule has 7 aromatic rings. The van der Waals surface area contributed by atoms with E-state index in [9.17, 15) is 9.90 Å². The van der Waals surface area contributed by atoms with Gasteiger partial charge in [0.1, 0.15) is 22.5 Å². The van der Waals surface area contributed by atoms with Crippen LogP contribution in [0.15, 0.2) is 121 Å². The summed E-state index contributed by atoms with van der Waals surface area (Å²) in [5, 5.41) is 9.23. The molecule has 0 aliphatic carbocycles. The number of thiophene rings is 1. The average molecular weight is 810 g/mol. The maximum atomic E-state index is 11.3. The lowest BCUT2D eigenvalue weighted by Gasteiger charge is -2.26. The summed E-state index contributed by atoms with van der Waals surface area (Å²) < 4.78 is 21.6. The quantitative estimate of drug-likeness (QED) is 0.0724. The van der Waals surface area contributed by atoms with Gasteiger partial charge in [-0.2, -0.15) is 8.75 Å². The summed E-state index contributed by atoms with van der Waals surface area (Å²) in [6.07, 6.45) is 11.0. The van der Waals surface area contributed by atoms with Crippen LogP contribution < -0.4 is 14.4 Å². The van der Waals surface area contributed by atoms with Crippen LogP contribution in [-0.2, 0) is 12.8 Å². The summed E-state index contributed by atoms with van der Waals surface area (Å²) in [7, 11) is 0. The normalized spacial score (nSPS) is 11.2. The molecule has 0 spiro atoms. The molecule has 0 atom stereocenters. The van der Waals surface area contributed by atoms with Crippen molar-refractivity contribution >= 4 is 57.1 Å². The number of fused-ring (bicyclic) bond motifs is 1. The van der Waals surface area contributed by atoms with Gasteiger partial charge in [-0.25, -0.2) is 4.79 Å². The van der Waals surface area contributed by atoms with Crippen molar-refractivity contribution in [3.05, 3.63) is 138 Å². The first-order chi connectivity index (χ1) is 28.5. The van der Waals surface area contributed by atoms with E-state index in [2.05, 4.69) is 120 Å². The molecule has 9 heteroatoms. The first kappa shape index (κ1) is 40.7. The number of aromatic carboxylic acids is 1. The van der Waals surface area contributed by atoms with Gasteiger partial charge in [0.15, 0.2) is 0 Å². The Bertz CT molecular complexity index is 2290. The van der Waals surface area contributed by atoms with Gasteiger partial charge in [0.25, 0.3) is 0 Å². The molecular formula is C49H51N3O4S2. The highest BCUT2D eigenvalue weighted by Gasteiger charge is 2.17. The van der Waals surface area contributed by atoms with E-state index < -0.39 is 5.97 Å². The first-order valence-corrected chi connectivity index (χ1v) is 22.1. The highest BCUT2D eigenvalue weighted by molar-refractivity contribution is 7.19. The number of nitrogens with zero attached hydrogens (tertiary/aromatic N) is 3. The van der Waals surface area contributed by atoms with Gasteiger partial charge >= 0.3 is 5.97 Å². The van der Waals surface area contributed by atoms with Crippen molar-refractivity contribution in [1.82, 2.24) is 8.75 Å². The van der Waals surface area contributed by atoms with Gasteiger partial charge in [-0.15, -0.1) is 11.3 Å². The third-order valence-electron chi connectivity index (χ3n) is 10.4. The fraction of sp³-hybridized carbons (Fsp3) is 0.286. The zero-order valence-electron chi connectivity index (χ0n) is 33.4. The molecule has 7 rings (SSSR count). The van der Waals surface area contributed by atoms with Crippen molar-refractivity contribution in [3.8, 4) is 32.4 Å². The Morgan fingerprint density at radius 3 is 1.71 bits per heavy atom. The molecule has 0 saturated carbocycles. The van der Waals surface area contributed by atoms with Crippen molar-refractivity contribution in [2.45, 2.75) is 78.1 Å². The monoisotopic (exact) mass is 809 g/mol. The van der Waals surface area contributed by atoms with Crippen LogP contribution in [0.1, 0.15) is 86.7 Å². The van der Waals surface area contributed by atoms with Gasteiger partial charge in [-0.3, -0.25) is 0 Å². The number of hydrogen-bond donors (Lipinski definition) is 1. The predicted octanol–water partition coefficient (Wildman–Crippen LogP) is 14.0. The minimum absolute atomic E-state index is 0.299. The molecule has 298 valence electrons. The molecule has 0 radical (unpaired) electrons. The van der Waals surface area contributed by atoms with Gasteiger partial charge in [-0.05, 0) is 127 Å². The summed E-state index contributed by atoms with van der Waals surface area (Å²) in [4.78, 5) is 15.9. The second-order valence-electron chi connectivity index (χ2n) is 14.6. The number of rotatable bonds is 21. The Morgan fingerprint density at radius 1 is 0.586 bits per heavy atom. The lowest BCUT2D eigenvalue weighted by Crippen LogP contribution is -2.10. The number of anilines is 3. The Labute approximate surface area is 350 Å². The van der Waals surface area contributed by atoms with Gasteiger partial charge in [0, 0.05) is 32.4 Å². The van der Waals surface area contributed by atoms with E-state index in [-0.39, 0.29) is 0 Å². The molecule has 0 aliphatic heterocycles. The number of aryl methyl sites for hydroxylation is 2. The molecule has 5 aromatic carbocycles. The van der Waals surface area contributed by atoms with E-state index >= 15 is 0 Å². The van der Waals surface area contributed by atoms with Crippen LogP contribution in [0.4, 0.5) is 17.1 Å². The van der Waals surface area contributed by atoms with E-state index in [1.54, 1.807) is 23.5 Å². The Morgan fingerprint density at radius 2 is 1.14 bits per heavy atom. The molecule has 2 heterocycles. The summed E-state index contributed by atoms with van der Waals surface area (Å²) in [6.45, 7) is 5.92. The second kappa shape index (κ2) is 20.3. The Kier molecular flexibility index (Phi) is 14.2. The van der Waals surface area contributed by atoms with Crippen LogP contribution in [-0.4, -0.2) is 33.0 Å². The van der Waals surface area contributed by atoms with E-state index in [0.29, 0.717) is 5.56 Å². The van der Waals surface area contributed by atoms with Crippen LogP contribution in [0.3, 0.4) is 0 Å². The van der Waals surface area contributed by atoms with Crippen LogP contribution in [0, 0.1) is 0 Å². The maximum absolute atomic E-state index is 11.3. The van der Waals surface area contributed by atoms with Crippen molar-refractivity contribution in [2.24, 2.45) is 0 Å². The molecule has 0 amide bonds. The molecule has 7 nitrogen and oxygen atoms in total. The summed E-state index contributed by atoms with van der Waals surface area (Å²) in [5.74, 6) is 0.868. The van der Waals surface area contributed by atoms with Gasteiger partial charge in [0.05, 0.1) is 30.5 Å². The molecule has 0 fully saturated rings. The molecule has 0 bridgehead atoms. The van der Waals surface area contributed by atoms with Gasteiger partial charge in [-0.1, -0.05) is 88.8 Å². The van der Waals surface area contributed by atoms with E-state index in [1.807, 2.05) is 12.1 Å². The van der Waals surface area contributed by atoms with Gasteiger partial charge in [0.2, 0.25) is 0 Å². The number of carboxylic acids is 1. The zero-order valence-corrected chi connectivity index (χ0v) is 35.0. The van der Waals surface area contributed by atoms with Crippen LogP contribution in [0.2, 0.25) is 0 Å². The number of carbonyl (C=O) groups is 1. The highest BCUT2D eigenvalue weighted by atomic mass is 32.1. The highest BCUT2D eigenvalue weighted by Crippen LogP contribution is 2.41. The SMILES string of the molecule is CCCCCCOc1ccc(N(c2ccc(OCCCCCC)cc2)c2ccc(-c3ccc(-c4ccc(CCc5ccc(C(=O)O)cc5)c5nsnc45)s3)cc2)cc1. The van der Waals surface area contributed by atoms with Crippen molar-refractivity contribution in [1.29, 1.82) is 0 Å². The summed E-state index contributed by atoms with van der Waals surface area (Å²) in [5.41, 5.74) is 9.78. The number of ether oxygens (including phenoxy) is 2. The fourth-order valence-corrected chi connectivity index (χ4v) is 8.72. The largest absolute Gasteiger partial charge is 0.494 e. The van der Waals surface area contributed by atoms with Crippen molar-refractivity contribution < 1.29 is 19.4 Å². The third kappa shape index (κ3) is 10.3. The van der Waals surface area contributed by atoms with Crippen LogP contribution in [0.5, 0.6) is 11.5 Å². The number of hydrogen-bond acceptors (Lipinski definition) is 8. The smallest absolute Gasteiger partial charge is 0.335 e. The van der Waals surface area contributed by atoms with E-state index in [1.165, 1.54) is 55.1 Å². The molecule has 1 N–H and O–H groups in total. The topological polar surface area (TPSA) is 84.8 Å². The average Bonchev–Trinajstić information content (AvgIpc) is 3.96. The fourth-order valence-electron chi connectivity index (χ4n) is 7.09. The zero-order chi connectivity index (χ0) is 40.1. The molecule has 2 aromatic heterocycles. The number of unbranched alkanes of at least 4 members (excludes halogenated alkanes) is 6. The lowest BCUT2D eigenvalue weighted by atomic mass is 10.00. The standard InChI is InChI=1S/C49H51N3O4S2/c1-3-5-7-9-33-55-42-26-22-40(23-27-42)52(41-24-28-43(29-25-41)56-34-10-8-6-4-2)39-20-17-36(18-21-39)45-31-32-46(57-45)44-30-19-37(47-48(44)51-58-50-47)14-11-35-12-15-38(16-13-35)49(53)54/h12-13,15-32H,3-11,14,33-34H2,1-2H3,(H,53,54). The minimum atomic E-state index is -0.912. The van der Waals surface area contributed by atoms with Crippen molar-refractivity contribution in [2.75, 3.05) is 18.1 Å². The van der Waals surface area contributed by atoms with Crippen LogP contribution >= 0.6 is 23.1 Å². The predicted molar refractivity (Wildman–Crippen MR) is 241 cm³/mol.